The van der Waals surface area contributed by atoms with E-state index >= 15 is 0 Å². The molecule has 0 unspecified atom stereocenters. The van der Waals surface area contributed by atoms with Crippen LogP contribution >= 0.6 is 15.9 Å². The maximum Gasteiger partial charge on any atom is 0.166 e. The van der Waals surface area contributed by atoms with E-state index < -0.39 is 11.6 Å². The Morgan fingerprint density at radius 2 is 2.14 bits per heavy atom. The normalized spacial score (nSPS) is 10.4. The van der Waals surface area contributed by atoms with E-state index in [0.29, 0.717) is 0 Å². The van der Waals surface area contributed by atoms with Gasteiger partial charge < -0.3 is 4.74 Å². The van der Waals surface area contributed by atoms with Gasteiger partial charge in [0.1, 0.15) is 5.82 Å². The van der Waals surface area contributed by atoms with E-state index in [-0.39, 0.29) is 22.4 Å². The molecule has 0 aliphatic heterocycles. The third kappa shape index (κ3) is 2.02. The Labute approximate surface area is 87.9 Å². The molecule has 0 saturated carbocycles. The van der Waals surface area contributed by atoms with Gasteiger partial charge in [-0.25, -0.2) is 14.7 Å². The minimum absolute atomic E-state index is 0.00264. The number of halogens is 3. The zero-order chi connectivity index (χ0) is 10.7. The second kappa shape index (κ2) is 4.68. The SMILES string of the molecule is COc1c(F)cc(Br)c(F)c1CON. The summed E-state index contributed by atoms with van der Waals surface area (Å²) in [7, 11) is 1.24. The number of nitrogens with two attached hydrogens (primary N) is 1. The molecule has 0 aromatic heterocycles. The average Bonchev–Trinajstić information content (AvgIpc) is 2.14. The van der Waals surface area contributed by atoms with Gasteiger partial charge in [0.2, 0.25) is 0 Å². The molecule has 0 spiro atoms. The molecule has 0 aliphatic carbocycles. The number of benzene rings is 1. The van der Waals surface area contributed by atoms with Crippen LogP contribution in [-0.2, 0) is 11.4 Å². The second-order valence-corrected chi connectivity index (χ2v) is 3.33. The van der Waals surface area contributed by atoms with Gasteiger partial charge in [0.25, 0.3) is 0 Å². The zero-order valence-corrected chi connectivity index (χ0v) is 8.90. The molecule has 0 amide bonds. The first kappa shape index (κ1) is 11.4. The third-order valence-electron chi connectivity index (χ3n) is 1.65. The Morgan fingerprint density at radius 1 is 1.50 bits per heavy atom. The van der Waals surface area contributed by atoms with Gasteiger partial charge in [-0.1, -0.05) is 0 Å². The van der Waals surface area contributed by atoms with Gasteiger partial charge in [-0.3, -0.25) is 4.84 Å². The van der Waals surface area contributed by atoms with Crippen molar-refractivity contribution in [3.8, 4) is 5.75 Å². The van der Waals surface area contributed by atoms with Gasteiger partial charge in [-0.15, -0.1) is 0 Å². The minimum Gasteiger partial charge on any atom is -0.493 e. The van der Waals surface area contributed by atoms with Crippen LogP contribution in [0.2, 0.25) is 0 Å². The number of rotatable bonds is 3. The van der Waals surface area contributed by atoms with Crippen LogP contribution in [0.5, 0.6) is 5.75 Å². The van der Waals surface area contributed by atoms with Crippen molar-refractivity contribution < 1.29 is 18.4 Å². The molecule has 0 saturated heterocycles. The molecule has 0 bridgehead atoms. The fourth-order valence-corrected chi connectivity index (χ4v) is 1.50. The minimum atomic E-state index is -0.673. The van der Waals surface area contributed by atoms with E-state index in [1.54, 1.807) is 0 Å². The lowest BCUT2D eigenvalue weighted by Gasteiger charge is -2.10. The summed E-state index contributed by atoms with van der Waals surface area (Å²) < 4.78 is 31.3. The molecule has 3 nitrogen and oxygen atoms in total. The third-order valence-corrected chi connectivity index (χ3v) is 2.23. The fourth-order valence-electron chi connectivity index (χ4n) is 1.06. The van der Waals surface area contributed by atoms with Crippen LogP contribution in [0, 0.1) is 11.6 Å². The highest BCUT2D eigenvalue weighted by atomic mass is 79.9. The van der Waals surface area contributed by atoms with Gasteiger partial charge in [0.05, 0.1) is 23.8 Å². The van der Waals surface area contributed by atoms with E-state index in [1.807, 2.05) is 0 Å². The Balaban J connectivity index is 3.32. The van der Waals surface area contributed by atoms with Crippen LogP contribution in [-0.4, -0.2) is 7.11 Å². The maximum atomic E-state index is 13.4. The lowest BCUT2D eigenvalue weighted by atomic mass is 10.2. The molecule has 14 heavy (non-hydrogen) atoms. The van der Waals surface area contributed by atoms with Gasteiger partial charge in [-0.05, 0) is 22.0 Å². The fraction of sp³-hybridized carbons (Fsp3) is 0.250. The summed E-state index contributed by atoms with van der Waals surface area (Å²) in [5.41, 5.74) is -0.0538. The molecule has 0 aliphatic rings. The Hall–Kier alpha value is -0.720. The Bertz CT molecular complexity index is 347. The first-order chi connectivity index (χ1) is 6.61. The molecule has 0 atom stereocenters. The van der Waals surface area contributed by atoms with Gasteiger partial charge in [0.15, 0.2) is 11.6 Å². The van der Waals surface area contributed by atoms with Crippen LogP contribution in [0.15, 0.2) is 10.5 Å². The highest BCUT2D eigenvalue weighted by molar-refractivity contribution is 9.10. The monoisotopic (exact) mass is 267 g/mol. The van der Waals surface area contributed by atoms with Crippen LogP contribution in [0.3, 0.4) is 0 Å². The quantitative estimate of drug-likeness (QED) is 0.674. The van der Waals surface area contributed by atoms with Crippen LogP contribution in [0.25, 0.3) is 0 Å². The maximum absolute atomic E-state index is 13.4. The second-order valence-electron chi connectivity index (χ2n) is 2.48. The summed E-state index contributed by atoms with van der Waals surface area (Å²) in [5.74, 6) is 3.28. The van der Waals surface area contributed by atoms with E-state index in [2.05, 4.69) is 20.8 Å². The predicted octanol–water partition coefficient (Wildman–Crippen LogP) is 2.13. The summed E-state index contributed by atoms with van der Waals surface area (Å²) >= 11 is 2.86. The summed E-state index contributed by atoms with van der Waals surface area (Å²) in [6.07, 6.45) is 0. The summed E-state index contributed by atoms with van der Waals surface area (Å²) in [6, 6.07) is 0.980. The zero-order valence-electron chi connectivity index (χ0n) is 7.31. The molecule has 1 rings (SSSR count). The first-order valence-corrected chi connectivity index (χ1v) is 4.43. The van der Waals surface area contributed by atoms with Crippen LogP contribution in [0.1, 0.15) is 5.56 Å². The van der Waals surface area contributed by atoms with Gasteiger partial charge in [0, 0.05) is 0 Å². The highest BCUT2D eigenvalue weighted by Crippen LogP contribution is 2.31. The Kier molecular flexibility index (Phi) is 3.79. The lowest BCUT2D eigenvalue weighted by Crippen LogP contribution is -2.05. The van der Waals surface area contributed by atoms with E-state index in [9.17, 15) is 8.78 Å². The number of methoxy groups -OCH3 is 1. The first-order valence-electron chi connectivity index (χ1n) is 3.63. The molecule has 78 valence electrons. The van der Waals surface area contributed by atoms with Crippen LogP contribution < -0.4 is 10.6 Å². The van der Waals surface area contributed by atoms with Crippen molar-refractivity contribution in [1.29, 1.82) is 0 Å². The summed E-state index contributed by atoms with van der Waals surface area (Å²) in [6.45, 7) is -0.259. The molecule has 0 fully saturated rings. The lowest BCUT2D eigenvalue weighted by molar-refractivity contribution is 0.118. The molecule has 0 heterocycles. The smallest absolute Gasteiger partial charge is 0.166 e. The number of ether oxygens (including phenoxy) is 1. The summed E-state index contributed by atoms with van der Waals surface area (Å²) in [4.78, 5) is 4.25. The molecule has 1 aromatic carbocycles. The van der Waals surface area contributed by atoms with Crippen molar-refractivity contribution in [3.05, 3.63) is 27.7 Å². The molecule has 2 N–H and O–H groups in total. The van der Waals surface area contributed by atoms with Crippen molar-refractivity contribution in [2.75, 3.05) is 7.11 Å². The Morgan fingerprint density at radius 3 is 2.64 bits per heavy atom. The van der Waals surface area contributed by atoms with Crippen molar-refractivity contribution in [3.63, 3.8) is 0 Å². The molecular weight excluding hydrogens is 260 g/mol. The van der Waals surface area contributed by atoms with E-state index in [4.69, 9.17) is 10.6 Å². The predicted molar refractivity (Wildman–Crippen MR) is 49.6 cm³/mol. The average molecular weight is 268 g/mol. The van der Waals surface area contributed by atoms with Crippen molar-refractivity contribution >= 4 is 15.9 Å². The van der Waals surface area contributed by atoms with E-state index in [0.717, 1.165) is 6.07 Å². The molecule has 6 heteroatoms. The molecule has 1 aromatic rings. The standard InChI is InChI=1S/C8H8BrF2NO2/c1-13-8-4(3-14-12)7(11)5(9)2-6(8)10/h2H,3,12H2,1H3. The van der Waals surface area contributed by atoms with Gasteiger partial charge >= 0.3 is 0 Å². The topological polar surface area (TPSA) is 44.5 Å². The molecular formula is C8H8BrF2NO2. The number of hydrogen-bond acceptors (Lipinski definition) is 3. The van der Waals surface area contributed by atoms with Crippen LogP contribution in [0.4, 0.5) is 8.78 Å². The van der Waals surface area contributed by atoms with Gasteiger partial charge in [-0.2, -0.15) is 0 Å². The number of hydrogen-bond donors (Lipinski definition) is 1. The largest absolute Gasteiger partial charge is 0.493 e. The van der Waals surface area contributed by atoms with Crippen molar-refractivity contribution in [2.45, 2.75) is 6.61 Å². The summed E-state index contributed by atoms with van der Waals surface area (Å²) in [5, 5.41) is 0. The highest BCUT2D eigenvalue weighted by Gasteiger charge is 2.17. The van der Waals surface area contributed by atoms with E-state index in [1.165, 1.54) is 7.11 Å². The van der Waals surface area contributed by atoms with Crippen molar-refractivity contribution in [2.24, 2.45) is 5.90 Å². The van der Waals surface area contributed by atoms with Crippen molar-refractivity contribution in [1.82, 2.24) is 0 Å². The molecule has 0 radical (unpaired) electrons.